The van der Waals surface area contributed by atoms with Crippen LogP contribution in [-0.2, 0) is 15.1 Å². The van der Waals surface area contributed by atoms with E-state index < -0.39 is 5.54 Å². The van der Waals surface area contributed by atoms with Crippen molar-refractivity contribution in [1.29, 1.82) is 0 Å². The summed E-state index contributed by atoms with van der Waals surface area (Å²) in [6.45, 7) is 4.51. The van der Waals surface area contributed by atoms with Gasteiger partial charge < -0.3 is 10.2 Å². The Morgan fingerprint density at radius 1 is 1.28 bits per heavy atom. The average Bonchev–Trinajstić information content (AvgIpc) is 2.40. The fourth-order valence-corrected chi connectivity index (χ4v) is 2.42. The second kappa shape index (κ2) is 4.80. The van der Waals surface area contributed by atoms with Crippen molar-refractivity contribution in [3.8, 4) is 0 Å². The largest absolute Gasteiger partial charge is 0.345 e. The van der Waals surface area contributed by atoms with Gasteiger partial charge in [-0.3, -0.25) is 9.59 Å². The Labute approximate surface area is 107 Å². The summed E-state index contributed by atoms with van der Waals surface area (Å²) in [4.78, 5) is 26.0. The Balaban J connectivity index is 2.47. The molecule has 1 aliphatic heterocycles. The van der Waals surface area contributed by atoms with E-state index in [9.17, 15) is 9.59 Å². The van der Waals surface area contributed by atoms with E-state index in [2.05, 4.69) is 5.32 Å². The van der Waals surface area contributed by atoms with Gasteiger partial charge in [-0.2, -0.15) is 0 Å². The number of nitrogens with one attached hydrogen (secondary N) is 1. The van der Waals surface area contributed by atoms with Crippen molar-refractivity contribution in [2.45, 2.75) is 25.8 Å². The van der Waals surface area contributed by atoms with Crippen LogP contribution in [0.25, 0.3) is 0 Å². The molecule has 96 valence electrons. The topological polar surface area (TPSA) is 49.4 Å². The number of carbonyl (C=O) groups excluding carboxylic acids is 2. The first kappa shape index (κ1) is 12.6. The molecule has 0 aliphatic carbocycles. The van der Waals surface area contributed by atoms with Gasteiger partial charge in [0.2, 0.25) is 5.91 Å². The molecule has 18 heavy (non-hydrogen) atoms. The molecule has 4 heteroatoms. The zero-order chi connectivity index (χ0) is 13.2. The number of nitrogens with zero attached hydrogens (tertiary/aromatic N) is 1. The molecule has 0 radical (unpaired) electrons. The van der Waals surface area contributed by atoms with Gasteiger partial charge in [-0.05, 0) is 18.9 Å². The molecule has 4 nitrogen and oxygen atoms in total. The van der Waals surface area contributed by atoms with Crippen molar-refractivity contribution in [3.05, 3.63) is 35.9 Å². The molecule has 2 rings (SSSR count). The van der Waals surface area contributed by atoms with Crippen molar-refractivity contribution in [1.82, 2.24) is 10.2 Å². The molecule has 1 atom stereocenters. The number of carbonyl (C=O) groups is 2. The molecule has 1 aliphatic rings. The lowest BCUT2D eigenvalue weighted by molar-refractivity contribution is -0.153. The van der Waals surface area contributed by atoms with E-state index in [1.54, 1.807) is 4.90 Å². The lowest BCUT2D eigenvalue weighted by atomic mass is 9.87. The van der Waals surface area contributed by atoms with Crippen LogP contribution in [0.1, 0.15) is 25.8 Å². The zero-order valence-electron chi connectivity index (χ0n) is 10.8. The monoisotopic (exact) mass is 246 g/mol. The minimum atomic E-state index is -0.896. The fraction of sp³-hybridized carbons (Fsp3) is 0.429. The van der Waals surface area contributed by atoms with Gasteiger partial charge in [-0.15, -0.1) is 0 Å². The van der Waals surface area contributed by atoms with Crippen molar-refractivity contribution in [2.75, 3.05) is 13.1 Å². The van der Waals surface area contributed by atoms with E-state index in [-0.39, 0.29) is 18.4 Å². The van der Waals surface area contributed by atoms with Crippen LogP contribution in [0.3, 0.4) is 0 Å². The highest BCUT2D eigenvalue weighted by Crippen LogP contribution is 2.30. The van der Waals surface area contributed by atoms with Gasteiger partial charge in [0.05, 0.1) is 6.54 Å². The summed E-state index contributed by atoms with van der Waals surface area (Å²) in [7, 11) is 0. The molecule has 1 aromatic rings. The number of piperazine rings is 1. The highest BCUT2D eigenvalue weighted by atomic mass is 16.2. The summed E-state index contributed by atoms with van der Waals surface area (Å²) >= 11 is 0. The van der Waals surface area contributed by atoms with Crippen LogP contribution >= 0.6 is 0 Å². The maximum Gasteiger partial charge on any atom is 0.250 e. The first-order chi connectivity index (χ1) is 8.60. The molecule has 1 aromatic carbocycles. The van der Waals surface area contributed by atoms with Gasteiger partial charge in [0.15, 0.2) is 0 Å². The molecule has 0 saturated carbocycles. The molecular weight excluding hydrogens is 228 g/mol. The summed E-state index contributed by atoms with van der Waals surface area (Å²) < 4.78 is 0. The molecule has 1 fully saturated rings. The minimum absolute atomic E-state index is 0.0252. The Hall–Kier alpha value is -1.84. The first-order valence-corrected chi connectivity index (χ1v) is 6.25. The molecule has 1 heterocycles. The van der Waals surface area contributed by atoms with Crippen molar-refractivity contribution < 1.29 is 9.59 Å². The van der Waals surface area contributed by atoms with Crippen LogP contribution in [0.15, 0.2) is 30.3 Å². The fourth-order valence-electron chi connectivity index (χ4n) is 2.42. The summed E-state index contributed by atoms with van der Waals surface area (Å²) in [6, 6.07) is 9.45. The smallest absolute Gasteiger partial charge is 0.250 e. The highest BCUT2D eigenvalue weighted by molar-refractivity contribution is 5.98. The van der Waals surface area contributed by atoms with E-state index in [0.29, 0.717) is 6.54 Å². The number of amides is 2. The van der Waals surface area contributed by atoms with Crippen LogP contribution in [0.4, 0.5) is 0 Å². The second-order valence-corrected chi connectivity index (χ2v) is 4.67. The predicted molar refractivity (Wildman–Crippen MR) is 68.8 cm³/mol. The van der Waals surface area contributed by atoms with Crippen LogP contribution < -0.4 is 5.32 Å². The Kier molecular flexibility index (Phi) is 3.36. The number of hydrogen-bond donors (Lipinski definition) is 1. The standard InChI is InChI=1S/C14H18N2O2/c1-3-9-16-12(17)10-15-13(18)14(16,2)11-7-5-4-6-8-11/h4-8H,3,9-10H2,1-2H3,(H,15,18). The quantitative estimate of drug-likeness (QED) is 0.873. The third kappa shape index (κ3) is 1.88. The summed E-state index contributed by atoms with van der Waals surface area (Å²) in [6.07, 6.45) is 0.835. The maximum atomic E-state index is 12.2. The van der Waals surface area contributed by atoms with E-state index in [0.717, 1.165) is 12.0 Å². The van der Waals surface area contributed by atoms with Gasteiger partial charge in [0, 0.05) is 6.54 Å². The third-order valence-corrected chi connectivity index (χ3v) is 3.47. The molecule has 1 N–H and O–H groups in total. The van der Waals surface area contributed by atoms with Gasteiger partial charge in [0.25, 0.3) is 5.91 Å². The van der Waals surface area contributed by atoms with Gasteiger partial charge >= 0.3 is 0 Å². The van der Waals surface area contributed by atoms with E-state index >= 15 is 0 Å². The van der Waals surface area contributed by atoms with E-state index in [4.69, 9.17) is 0 Å². The Morgan fingerprint density at radius 2 is 1.94 bits per heavy atom. The number of hydrogen-bond acceptors (Lipinski definition) is 2. The number of rotatable bonds is 3. The van der Waals surface area contributed by atoms with Crippen molar-refractivity contribution in [3.63, 3.8) is 0 Å². The first-order valence-electron chi connectivity index (χ1n) is 6.25. The Bertz CT molecular complexity index is 458. The van der Waals surface area contributed by atoms with Crippen molar-refractivity contribution >= 4 is 11.8 Å². The SMILES string of the molecule is CCCN1C(=O)CNC(=O)C1(C)c1ccccc1. The average molecular weight is 246 g/mol. The van der Waals surface area contributed by atoms with Crippen LogP contribution in [0.5, 0.6) is 0 Å². The van der Waals surface area contributed by atoms with Crippen molar-refractivity contribution in [2.24, 2.45) is 0 Å². The van der Waals surface area contributed by atoms with Gasteiger partial charge in [-0.25, -0.2) is 0 Å². The molecule has 0 bridgehead atoms. The third-order valence-electron chi connectivity index (χ3n) is 3.47. The predicted octanol–water partition coefficient (Wildman–Crippen LogP) is 1.27. The molecule has 2 amide bonds. The molecule has 1 saturated heterocycles. The molecule has 1 unspecified atom stereocenters. The highest BCUT2D eigenvalue weighted by Gasteiger charge is 2.46. The summed E-state index contributed by atoms with van der Waals surface area (Å²) in [5, 5.41) is 2.68. The molecule has 0 spiro atoms. The van der Waals surface area contributed by atoms with Crippen LogP contribution in [-0.4, -0.2) is 29.8 Å². The molecular formula is C14H18N2O2. The lowest BCUT2D eigenvalue weighted by Crippen LogP contribution is -2.63. The molecule has 0 aromatic heterocycles. The Morgan fingerprint density at radius 3 is 2.56 bits per heavy atom. The lowest BCUT2D eigenvalue weighted by Gasteiger charge is -2.43. The second-order valence-electron chi connectivity index (χ2n) is 4.67. The van der Waals surface area contributed by atoms with Gasteiger partial charge in [0.1, 0.15) is 5.54 Å². The maximum absolute atomic E-state index is 12.2. The summed E-state index contributed by atoms with van der Waals surface area (Å²) in [5.41, 5.74) is -0.0453. The minimum Gasteiger partial charge on any atom is -0.345 e. The van der Waals surface area contributed by atoms with E-state index in [1.165, 1.54) is 0 Å². The van der Waals surface area contributed by atoms with Crippen LogP contribution in [0.2, 0.25) is 0 Å². The van der Waals surface area contributed by atoms with Gasteiger partial charge in [-0.1, -0.05) is 37.3 Å². The van der Waals surface area contributed by atoms with Crippen LogP contribution in [0, 0.1) is 0 Å². The van der Waals surface area contributed by atoms with E-state index in [1.807, 2.05) is 44.2 Å². The summed E-state index contributed by atoms with van der Waals surface area (Å²) in [5.74, 6) is -0.135. The normalized spacial score (nSPS) is 24.0. The number of benzene rings is 1. The zero-order valence-corrected chi connectivity index (χ0v) is 10.8.